The van der Waals surface area contributed by atoms with Gasteiger partial charge in [0.05, 0.1) is 13.2 Å². The standard InChI is InChI=1S/C18H31N3O2/c1-5-22-13-12-21-18(19-4)20-11-10-16-6-8-17(9-7-16)23-14-15(2)3/h6-9,15H,5,10-14H2,1-4H3,(H2,19,20,21). The molecule has 23 heavy (non-hydrogen) atoms. The molecule has 0 aliphatic heterocycles. The summed E-state index contributed by atoms with van der Waals surface area (Å²) in [5.41, 5.74) is 1.28. The molecule has 1 aromatic rings. The summed E-state index contributed by atoms with van der Waals surface area (Å²) in [6, 6.07) is 8.30. The number of hydrogen-bond acceptors (Lipinski definition) is 3. The maximum atomic E-state index is 5.69. The highest BCUT2D eigenvalue weighted by molar-refractivity contribution is 5.79. The second-order valence-corrected chi connectivity index (χ2v) is 5.72. The average molecular weight is 321 g/mol. The molecule has 0 unspecified atom stereocenters. The summed E-state index contributed by atoms with van der Waals surface area (Å²) >= 11 is 0. The van der Waals surface area contributed by atoms with Crippen molar-refractivity contribution < 1.29 is 9.47 Å². The number of guanidine groups is 1. The number of aliphatic imine (C=N–C) groups is 1. The Kier molecular flexibility index (Phi) is 9.87. The van der Waals surface area contributed by atoms with Gasteiger partial charge >= 0.3 is 0 Å². The molecule has 0 saturated carbocycles. The van der Waals surface area contributed by atoms with E-state index >= 15 is 0 Å². The highest BCUT2D eigenvalue weighted by atomic mass is 16.5. The van der Waals surface area contributed by atoms with Gasteiger partial charge in [0.1, 0.15) is 5.75 Å². The first-order valence-electron chi connectivity index (χ1n) is 8.39. The van der Waals surface area contributed by atoms with E-state index in [1.165, 1.54) is 5.56 Å². The normalized spacial score (nSPS) is 11.6. The molecule has 0 aromatic heterocycles. The molecule has 5 nitrogen and oxygen atoms in total. The lowest BCUT2D eigenvalue weighted by molar-refractivity contribution is 0.152. The average Bonchev–Trinajstić information content (AvgIpc) is 2.56. The van der Waals surface area contributed by atoms with Crippen LogP contribution in [0.4, 0.5) is 0 Å². The summed E-state index contributed by atoms with van der Waals surface area (Å²) in [5, 5.41) is 6.52. The Hall–Kier alpha value is -1.75. The van der Waals surface area contributed by atoms with Crippen LogP contribution in [0.5, 0.6) is 5.75 Å². The Morgan fingerprint density at radius 3 is 2.43 bits per heavy atom. The van der Waals surface area contributed by atoms with Gasteiger partial charge < -0.3 is 20.1 Å². The molecule has 2 N–H and O–H groups in total. The van der Waals surface area contributed by atoms with Gasteiger partial charge in [0.25, 0.3) is 0 Å². The van der Waals surface area contributed by atoms with E-state index in [0.717, 1.165) is 44.4 Å². The van der Waals surface area contributed by atoms with Crippen molar-refractivity contribution in [2.45, 2.75) is 27.2 Å². The molecule has 1 rings (SSSR count). The van der Waals surface area contributed by atoms with Crippen LogP contribution >= 0.6 is 0 Å². The molecule has 0 bridgehead atoms. The van der Waals surface area contributed by atoms with Gasteiger partial charge in [0.2, 0.25) is 0 Å². The topological polar surface area (TPSA) is 54.9 Å². The Labute approximate surface area is 140 Å². The van der Waals surface area contributed by atoms with E-state index in [9.17, 15) is 0 Å². The number of benzene rings is 1. The minimum atomic E-state index is 0.542. The van der Waals surface area contributed by atoms with Crippen molar-refractivity contribution >= 4 is 5.96 Å². The van der Waals surface area contributed by atoms with E-state index in [0.29, 0.717) is 12.5 Å². The van der Waals surface area contributed by atoms with Crippen LogP contribution in [0.2, 0.25) is 0 Å². The lowest BCUT2D eigenvalue weighted by atomic mass is 10.1. The van der Waals surface area contributed by atoms with Gasteiger partial charge in [-0.1, -0.05) is 26.0 Å². The van der Waals surface area contributed by atoms with Crippen molar-refractivity contribution in [2.24, 2.45) is 10.9 Å². The first-order valence-corrected chi connectivity index (χ1v) is 8.39. The van der Waals surface area contributed by atoms with Crippen molar-refractivity contribution in [2.75, 3.05) is 40.0 Å². The lowest BCUT2D eigenvalue weighted by Crippen LogP contribution is -2.39. The molecule has 130 valence electrons. The van der Waals surface area contributed by atoms with Crippen molar-refractivity contribution in [3.05, 3.63) is 29.8 Å². The quantitative estimate of drug-likeness (QED) is 0.395. The van der Waals surface area contributed by atoms with Crippen LogP contribution in [-0.2, 0) is 11.2 Å². The van der Waals surface area contributed by atoms with Crippen LogP contribution in [0.1, 0.15) is 26.3 Å². The SMILES string of the molecule is CCOCCNC(=NC)NCCc1ccc(OCC(C)C)cc1. The van der Waals surface area contributed by atoms with E-state index in [1.807, 2.05) is 19.1 Å². The molecule has 0 atom stereocenters. The minimum absolute atomic E-state index is 0.542. The summed E-state index contributed by atoms with van der Waals surface area (Å²) in [6.45, 7) is 10.1. The second-order valence-electron chi connectivity index (χ2n) is 5.72. The Balaban J connectivity index is 2.26. The van der Waals surface area contributed by atoms with Gasteiger partial charge in [-0.25, -0.2) is 0 Å². The smallest absolute Gasteiger partial charge is 0.191 e. The van der Waals surface area contributed by atoms with E-state index in [-0.39, 0.29) is 0 Å². The molecule has 0 saturated heterocycles. The van der Waals surface area contributed by atoms with E-state index in [1.54, 1.807) is 7.05 Å². The fourth-order valence-corrected chi connectivity index (χ4v) is 1.95. The number of nitrogens with zero attached hydrogens (tertiary/aromatic N) is 1. The van der Waals surface area contributed by atoms with Gasteiger partial charge in [0, 0.05) is 26.7 Å². The predicted octanol–water partition coefficient (Wildman–Crippen LogP) is 2.47. The van der Waals surface area contributed by atoms with Crippen molar-refractivity contribution in [1.82, 2.24) is 10.6 Å². The third-order valence-corrected chi connectivity index (χ3v) is 3.18. The molecular formula is C18H31N3O2. The van der Waals surface area contributed by atoms with Crippen LogP contribution in [0, 0.1) is 5.92 Å². The van der Waals surface area contributed by atoms with Crippen molar-refractivity contribution in [3.8, 4) is 5.75 Å². The molecule has 1 aromatic carbocycles. The maximum Gasteiger partial charge on any atom is 0.191 e. The molecule has 0 heterocycles. The van der Waals surface area contributed by atoms with Gasteiger partial charge in [-0.15, -0.1) is 0 Å². The fraction of sp³-hybridized carbons (Fsp3) is 0.611. The zero-order valence-electron chi connectivity index (χ0n) is 14.9. The minimum Gasteiger partial charge on any atom is -0.493 e. The summed E-state index contributed by atoms with van der Waals surface area (Å²) in [5.74, 6) is 2.28. The van der Waals surface area contributed by atoms with Crippen LogP contribution in [0.15, 0.2) is 29.3 Å². The lowest BCUT2D eigenvalue weighted by Gasteiger charge is -2.12. The maximum absolute atomic E-state index is 5.69. The van der Waals surface area contributed by atoms with E-state index in [2.05, 4.69) is 41.6 Å². The fourth-order valence-electron chi connectivity index (χ4n) is 1.95. The van der Waals surface area contributed by atoms with Gasteiger partial charge in [0.15, 0.2) is 5.96 Å². The molecule has 0 spiro atoms. The number of rotatable bonds is 10. The van der Waals surface area contributed by atoms with E-state index < -0.39 is 0 Å². The summed E-state index contributed by atoms with van der Waals surface area (Å²) in [4.78, 5) is 4.19. The van der Waals surface area contributed by atoms with Crippen LogP contribution in [0.3, 0.4) is 0 Å². The third kappa shape index (κ3) is 9.08. The molecule has 0 aliphatic carbocycles. The zero-order chi connectivity index (χ0) is 16.9. The Bertz CT molecular complexity index is 444. The highest BCUT2D eigenvalue weighted by Gasteiger charge is 2.00. The first-order chi connectivity index (χ1) is 11.2. The molecule has 0 fully saturated rings. The number of nitrogens with one attached hydrogen (secondary N) is 2. The van der Waals surface area contributed by atoms with Crippen LogP contribution < -0.4 is 15.4 Å². The van der Waals surface area contributed by atoms with Crippen LogP contribution in [-0.4, -0.2) is 45.9 Å². The number of ether oxygens (including phenoxy) is 2. The molecule has 0 radical (unpaired) electrons. The second kappa shape index (κ2) is 11.8. The van der Waals surface area contributed by atoms with Gasteiger partial charge in [-0.05, 0) is 37.0 Å². The van der Waals surface area contributed by atoms with Crippen molar-refractivity contribution in [1.29, 1.82) is 0 Å². The largest absolute Gasteiger partial charge is 0.493 e. The highest BCUT2D eigenvalue weighted by Crippen LogP contribution is 2.13. The summed E-state index contributed by atoms with van der Waals surface area (Å²) in [6.07, 6.45) is 0.941. The van der Waals surface area contributed by atoms with E-state index in [4.69, 9.17) is 9.47 Å². The molecule has 0 aliphatic rings. The summed E-state index contributed by atoms with van der Waals surface area (Å²) in [7, 11) is 1.77. The zero-order valence-corrected chi connectivity index (χ0v) is 14.9. The predicted molar refractivity (Wildman–Crippen MR) is 96.3 cm³/mol. The first kappa shape index (κ1) is 19.3. The van der Waals surface area contributed by atoms with Crippen molar-refractivity contribution in [3.63, 3.8) is 0 Å². The third-order valence-electron chi connectivity index (χ3n) is 3.18. The van der Waals surface area contributed by atoms with Crippen LogP contribution in [0.25, 0.3) is 0 Å². The van der Waals surface area contributed by atoms with Gasteiger partial charge in [-0.3, -0.25) is 4.99 Å². The van der Waals surface area contributed by atoms with Gasteiger partial charge in [-0.2, -0.15) is 0 Å². The summed E-state index contributed by atoms with van der Waals surface area (Å²) < 4.78 is 11.0. The Morgan fingerprint density at radius 1 is 1.13 bits per heavy atom. The Morgan fingerprint density at radius 2 is 1.83 bits per heavy atom. The molecular weight excluding hydrogens is 290 g/mol. The molecule has 5 heteroatoms. The number of hydrogen-bond donors (Lipinski definition) is 2. The monoisotopic (exact) mass is 321 g/mol. The molecule has 0 amide bonds.